The molecule has 0 aliphatic heterocycles. The highest BCUT2D eigenvalue weighted by Gasteiger charge is 2.11. The van der Waals surface area contributed by atoms with Crippen molar-refractivity contribution in [3.05, 3.63) is 53.7 Å². The van der Waals surface area contributed by atoms with Crippen LogP contribution in [0.5, 0.6) is 5.88 Å². The molecule has 3 N–H and O–H groups in total. The van der Waals surface area contributed by atoms with E-state index in [1.807, 2.05) is 13.8 Å². The number of nitrogens with zero attached hydrogens (tertiary/aromatic N) is 1. The fraction of sp³-hybridized carbons (Fsp3) is 0.263. The Bertz CT molecular complexity index is 820. The maximum atomic E-state index is 12.4. The molecule has 1 unspecified atom stereocenters. The summed E-state index contributed by atoms with van der Waals surface area (Å²) >= 11 is 0. The van der Waals surface area contributed by atoms with Gasteiger partial charge in [-0.2, -0.15) is 0 Å². The topological polar surface area (TPSA) is 118 Å². The van der Waals surface area contributed by atoms with Crippen LogP contribution in [-0.2, 0) is 4.79 Å². The van der Waals surface area contributed by atoms with Gasteiger partial charge in [0.15, 0.2) is 0 Å². The molecule has 2 amide bonds. The second-order valence-corrected chi connectivity index (χ2v) is 5.83. The highest BCUT2D eigenvalue weighted by atomic mass is 16.5. The first-order chi connectivity index (χ1) is 12.9. The van der Waals surface area contributed by atoms with E-state index in [1.54, 1.807) is 24.3 Å². The first kappa shape index (κ1) is 19.9. The molecule has 8 heteroatoms. The predicted octanol–water partition coefficient (Wildman–Crippen LogP) is 2.33. The molecule has 1 aromatic heterocycles. The van der Waals surface area contributed by atoms with Crippen LogP contribution in [0.4, 0.5) is 5.69 Å². The molecule has 2 aromatic rings. The molecule has 0 saturated heterocycles. The second-order valence-electron chi connectivity index (χ2n) is 5.83. The number of carboxylic acids is 1. The monoisotopic (exact) mass is 371 g/mol. The van der Waals surface area contributed by atoms with Crippen molar-refractivity contribution in [2.24, 2.45) is 0 Å². The van der Waals surface area contributed by atoms with Crippen LogP contribution < -0.4 is 15.4 Å². The average Bonchev–Trinajstić information content (AvgIpc) is 2.66. The Balaban J connectivity index is 2.00. The van der Waals surface area contributed by atoms with E-state index in [-0.39, 0.29) is 12.0 Å². The largest absolute Gasteiger partial charge is 0.480 e. The number of carboxylic acid groups (broad SMARTS) is 1. The molecule has 8 nitrogen and oxygen atoms in total. The molecule has 142 valence electrons. The summed E-state index contributed by atoms with van der Waals surface area (Å²) in [4.78, 5) is 38.7. The number of benzene rings is 1. The maximum Gasteiger partial charge on any atom is 0.322 e. The molecule has 1 aromatic carbocycles. The van der Waals surface area contributed by atoms with Gasteiger partial charge in [0.2, 0.25) is 5.88 Å². The van der Waals surface area contributed by atoms with E-state index in [0.717, 1.165) is 6.42 Å². The van der Waals surface area contributed by atoms with Crippen LogP contribution in [0, 0.1) is 0 Å². The minimum Gasteiger partial charge on any atom is -0.480 e. The number of hydrogen-bond acceptors (Lipinski definition) is 5. The highest BCUT2D eigenvalue weighted by Crippen LogP contribution is 2.15. The highest BCUT2D eigenvalue weighted by molar-refractivity contribution is 6.04. The number of carbonyl (C=O) groups is 3. The van der Waals surface area contributed by atoms with E-state index >= 15 is 0 Å². The number of pyridine rings is 1. The molecule has 0 aliphatic carbocycles. The van der Waals surface area contributed by atoms with E-state index in [0.29, 0.717) is 22.7 Å². The van der Waals surface area contributed by atoms with Gasteiger partial charge in [-0.05, 0) is 43.7 Å². The van der Waals surface area contributed by atoms with Crippen molar-refractivity contribution in [3.8, 4) is 5.88 Å². The van der Waals surface area contributed by atoms with Crippen molar-refractivity contribution in [2.45, 2.75) is 26.4 Å². The lowest BCUT2D eigenvalue weighted by Gasteiger charge is -2.12. The summed E-state index contributed by atoms with van der Waals surface area (Å²) < 4.78 is 5.61. The Morgan fingerprint density at radius 1 is 1.11 bits per heavy atom. The molecular formula is C19H21N3O5. The van der Waals surface area contributed by atoms with Gasteiger partial charge in [-0.3, -0.25) is 14.4 Å². The Hall–Kier alpha value is -3.42. The minimum absolute atomic E-state index is 0.00405. The molecule has 0 spiro atoms. The molecule has 0 bridgehead atoms. The summed E-state index contributed by atoms with van der Waals surface area (Å²) in [6, 6.07) is 9.26. The molecule has 0 saturated carbocycles. The minimum atomic E-state index is -1.12. The summed E-state index contributed by atoms with van der Waals surface area (Å²) in [6.45, 7) is 3.45. The third-order valence-corrected chi connectivity index (χ3v) is 3.70. The lowest BCUT2D eigenvalue weighted by Crippen LogP contribution is -2.29. The van der Waals surface area contributed by atoms with Crippen LogP contribution in [0.1, 0.15) is 41.0 Å². The number of hydrogen-bond donors (Lipinski definition) is 3. The molecule has 1 atom stereocenters. The van der Waals surface area contributed by atoms with Gasteiger partial charge in [-0.15, -0.1) is 0 Å². The van der Waals surface area contributed by atoms with Gasteiger partial charge in [-0.25, -0.2) is 4.98 Å². The molecule has 27 heavy (non-hydrogen) atoms. The maximum absolute atomic E-state index is 12.4. The van der Waals surface area contributed by atoms with Gasteiger partial charge in [-0.1, -0.05) is 6.92 Å². The normalized spacial score (nSPS) is 11.3. The van der Waals surface area contributed by atoms with Gasteiger partial charge < -0.3 is 20.5 Å². The molecule has 0 radical (unpaired) electrons. The van der Waals surface area contributed by atoms with E-state index in [1.165, 1.54) is 18.3 Å². The van der Waals surface area contributed by atoms with Crippen molar-refractivity contribution >= 4 is 23.5 Å². The summed E-state index contributed by atoms with van der Waals surface area (Å²) in [5.74, 6) is -1.59. The third-order valence-electron chi connectivity index (χ3n) is 3.70. The van der Waals surface area contributed by atoms with Gasteiger partial charge in [0.05, 0.1) is 6.10 Å². The van der Waals surface area contributed by atoms with Gasteiger partial charge in [0.25, 0.3) is 11.8 Å². The van der Waals surface area contributed by atoms with Gasteiger partial charge >= 0.3 is 5.97 Å². The number of anilines is 1. The summed E-state index contributed by atoms with van der Waals surface area (Å²) in [7, 11) is 0. The van der Waals surface area contributed by atoms with Crippen molar-refractivity contribution < 1.29 is 24.2 Å². The van der Waals surface area contributed by atoms with Crippen molar-refractivity contribution in [1.29, 1.82) is 0 Å². The Labute approximate surface area is 156 Å². The molecule has 2 rings (SSSR count). The van der Waals surface area contributed by atoms with E-state index in [9.17, 15) is 14.4 Å². The zero-order valence-electron chi connectivity index (χ0n) is 15.1. The van der Waals surface area contributed by atoms with E-state index in [2.05, 4.69) is 15.6 Å². The summed E-state index contributed by atoms with van der Waals surface area (Å²) in [5.41, 5.74) is 1.19. The van der Waals surface area contributed by atoms with Crippen LogP contribution in [0.2, 0.25) is 0 Å². The quantitative estimate of drug-likeness (QED) is 0.655. The van der Waals surface area contributed by atoms with Gasteiger partial charge in [0.1, 0.15) is 6.54 Å². The van der Waals surface area contributed by atoms with Crippen molar-refractivity contribution in [1.82, 2.24) is 10.3 Å². The number of ether oxygens (including phenoxy) is 1. The van der Waals surface area contributed by atoms with Crippen LogP contribution >= 0.6 is 0 Å². The van der Waals surface area contributed by atoms with Crippen LogP contribution in [0.3, 0.4) is 0 Å². The van der Waals surface area contributed by atoms with Crippen LogP contribution in [0.25, 0.3) is 0 Å². The summed E-state index contributed by atoms with van der Waals surface area (Å²) in [5, 5.41) is 13.6. The summed E-state index contributed by atoms with van der Waals surface area (Å²) in [6.07, 6.45) is 2.32. The lowest BCUT2D eigenvalue weighted by atomic mass is 10.2. The number of aromatic nitrogens is 1. The predicted molar refractivity (Wildman–Crippen MR) is 99.0 cm³/mol. The number of amides is 2. The average molecular weight is 371 g/mol. The SMILES string of the molecule is CCC(C)Oc1cc(C(=O)Nc2ccc(C(=O)NCC(=O)O)cc2)ccn1. The third kappa shape index (κ3) is 6.10. The van der Waals surface area contributed by atoms with Crippen LogP contribution in [-0.4, -0.2) is 40.5 Å². The zero-order chi connectivity index (χ0) is 19.8. The second kappa shape index (κ2) is 9.33. The molecular weight excluding hydrogens is 350 g/mol. The fourth-order valence-electron chi connectivity index (χ4n) is 2.07. The smallest absolute Gasteiger partial charge is 0.322 e. The van der Waals surface area contributed by atoms with E-state index < -0.39 is 18.4 Å². The Morgan fingerprint density at radius 2 is 1.81 bits per heavy atom. The van der Waals surface area contributed by atoms with Crippen molar-refractivity contribution in [3.63, 3.8) is 0 Å². The first-order valence-corrected chi connectivity index (χ1v) is 8.43. The number of carbonyl (C=O) groups excluding carboxylic acids is 2. The van der Waals surface area contributed by atoms with Crippen LogP contribution in [0.15, 0.2) is 42.6 Å². The number of nitrogens with one attached hydrogen (secondary N) is 2. The van der Waals surface area contributed by atoms with Crippen molar-refractivity contribution in [2.75, 3.05) is 11.9 Å². The molecule has 1 heterocycles. The van der Waals surface area contributed by atoms with E-state index in [4.69, 9.17) is 9.84 Å². The number of aliphatic carboxylic acids is 1. The lowest BCUT2D eigenvalue weighted by molar-refractivity contribution is -0.135. The zero-order valence-corrected chi connectivity index (χ0v) is 15.1. The fourth-order valence-corrected chi connectivity index (χ4v) is 2.07. The molecule has 0 aliphatic rings. The Morgan fingerprint density at radius 3 is 2.44 bits per heavy atom. The Kier molecular flexibility index (Phi) is 6.87. The standard InChI is InChI=1S/C19H21N3O5/c1-3-12(2)27-16-10-14(8-9-20-16)19(26)22-15-6-4-13(5-7-15)18(25)21-11-17(23)24/h4-10,12H,3,11H2,1-2H3,(H,21,25)(H,22,26)(H,23,24). The molecule has 0 fully saturated rings. The van der Waals surface area contributed by atoms with Gasteiger partial charge in [0, 0.05) is 29.1 Å². The number of rotatable bonds is 8. The first-order valence-electron chi connectivity index (χ1n) is 8.43.